The largest absolute Gasteiger partial charge is 0.309 e. The van der Waals surface area contributed by atoms with Crippen molar-refractivity contribution in [2.45, 2.75) is 55.3 Å². The standard InChI is InChI=1S/C20H25NS/c1-16-11-13-18(14-12-16)22-20-10-6-5-9-19(20)21-15-17-7-3-2-4-8-17/h2-4,7-8,11-14,19-21H,5-6,9-10,15H2,1H3/t19-,20-/m0/s1. The van der Waals surface area contributed by atoms with Crippen molar-refractivity contribution in [3.05, 3.63) is 65.7 Å². The van der Waals surface area contributed by atoms with Gasteiger partial charge in [-0.2, -0.15) is 0 Å². The summed E-state index contributed by atoms with van der Waals surface area (Å²) in [5.41, 5.74) is 2.72. The average molecular weight is 311 g/mol. The molecular formula is C20H25NS. The van der Waals surface area contributed by atoms with Crippen molar-refractivity contribution in [3.63, 3.8) is 0 Å². The summed E-state index contributed by atoms with van der Waals surface area (Å²) in [6.45, 7) is 3.13. The maximum absolute atomic E-state index is 3.80. The SMILES string of the molecule is Cc1ccc(S[C@H]2CCCC[C@@H]2NCc2ccccc2)cc1. The van der Waals surface area contributed by atoms with Crippen molar-refractivity contribution in [2.24, 2.45) is 0 Å². The fraction of sp³-hybridized carbons (Fsp3) is 0.400. The van der Waals surface area contributed by atoms with Crippen LogP contribution in [0.2, 0.25) is 0 Å². The number of nitrogens with one attached hydrogen (secondary N) is 1. The predicted molar refractivity (Wildman–Crippen MR) is 96.4 cm³/mol. The van der Waals surface area contributed by atoms with E-state index < -0.39 is 0 Å². The van der Waals surface area contributed by atoms with Crippen LogP contribution in [0.1, 0.15) is 36.8 Å². The normalized spacial score (nSPS) is 21.7. The summed E-state index contributed by atoms with van der Waals surface area (Å²) in [6, 6.07) is 20.3. The molecular weight excluding hydrogens is 286 g/mol. The lowest BCUT2D eigenvalue weighted by molar-refractivity contribution is 0.383. The third-order valence-corrected chi connectivity index (χ3v) is 5.83. The second-order valence-corrected chi connectivity index (χ2v) is 7.54. The molecule has 0 amide bonds. The van der Waals surface area contributed by atoms with E-state index in [1.807, 2.05) is 0 Å². The number of benzene rings is 2. The molecule has 3 rings (SSSR count). The Kier molecular flexibility index (Phi) is 5.58. The highest BCUT2D eigenvalue weighted by molar-refractivity contribution is 8.00. The van der Waals surface area contributed by atoms with Gasteiger partial charge in [-0.05, 0) is 37.5 Å². The van der Waals surface area contributed by atoms with Gasteiger partial charge >= 0.3 is 0 Å². The van der Waals surface area contributed by atoms with Gasteiger partial charge in [-0.25, -0.2) is 0 Å². The van der Waals surface area contributed by atoms with Crippen LogP contribution in [-0.2, 0) is 6.54 Å². The van der Waals surface area contributed by atoms with Gasteiger partial charge in [-0.3, -0.25) is 0 Å². The fourth-order valence-electron chi connectivity index (χ4n) is 3.11. The molecule has 0 saturated heterocycles. The average Bonchev–Trinajstić information content (AvgIpc) is 2.57. The second kappa shape index (κ2) is 7.85. The molecule has 2 heteroatoms. The molecule has 1 nitrogen and oxygen atoms in total. The zero-order valence-electron chi connectivity index (χ0n) is 13.3. The Balaban J connectivity index is 1.59. The molecule has 1 fully saturated rings. The van der Waals surface area contributed by atoms with Gasteiger partial charge in [0, 0.05) is 22.7 Å². The van der Waals surface area contributed by atoms with Crippen LogP contribution < -0.4 is 5.32 Å². The summed E-state index contributed by atoms with van der Waals surface area (Å²) >= 11 is 2.05. The van der Waals surface area contributed by atoms with Crippen molar-refractivity contribution in [2.75, 3.05) is 0 Å². The van der Waals surface area contributed by atoms with Crippen molar-refractivity contribution < 1.29 is 0 Å². The van der Waals surface area contributed by atoms with E-state index in [1.165, 1.54) is 41.7 Å². The van der Waals surface area contributed by atoms with Gasteiger partial charge in [-0.1, -0.05) is 60.9 Å². The molecule has 2 aromatic carbocycles. The topological polar surface area (TPSA) is 12.0 Å². The molecule has 0 bridgehead atoms. The zero-order chi connectivity index (χ0) is 15.2. The number of thioether (sulfide) groups is 1. The minimum Gasteiger partial charge on any atom is -0.309 e. The third kappa shape index (κ3) is 4.37. The molecule has 1 aliphatic rings. The van der Waals surface area contributed by atoms with Crippen molar-refractivity contribution in [1.82, 2.24) is 5.32 Å². The summed E-state index contributed by atoms with van der Waals surface area (Å²) in [7, 11) is 0. The van der Waals surface area contributed by atoms with E-state index in [-0.39, 0.29) is 0 Å². The van der Waals surface area contributed by atoms with Gasteiger partial charge < -0.3 is 5.32 Å². The number of hydrogen-bond donors (Lipinski definition) is 1. The first-order valence-corrected chi connectivity index (χ1v) is 9.20. The van der Waals surface area contributed by atoms with Crippen LogP contribution >= 0.6 is 11.8 Å². The minimum absolute atomic E-state index is 0.625. The fourth-order valence-corrected chi connectivity index (χ4v) is 4.43. The summed E-state index contributed by atoms with van der Waals surface area (Å²) in [6.07, 6.45) is 5.35. The van der Waals surface area contributed by atoms with E-state index in [1.54, 1.807) is 0 Å². The van der Waals surface area contributed by atoms with Crippen LogP contribution in [0.25, 0.3) is 0 Å². The highest BCUT2D eigenvalue weighted by atomic mass is 32.2. The van der Waals surface area contributed by atoms with Gasteiger partial charge in [0.1, 0.15) is 0 Å². The number of rotatable bonds is 5. The molecule has 22 heavy (non-hydrogen) atoms. The lowest BCUT2D eigenvalue weighted by atomic mass is 9.94. The molecule has 0 aromatic heterocycles. The van der Waals surface area contributed by atoms with Gasteiger partial charge in [0.05, 0.1) is 0 Å². The van der Waals surface area contributed by atoms with E-state index in [0.29, 0.717) is 11.3 Å². The summed E-state index contributed by atoms with van der Waals surface area (Å²) in [5, 5.41) is 4.49. The molecule has 2 aromatic rings. The Bertz CT molecular complexity index is 564. The highest BCUT2D eigenvalue weighted by Crippen LogP contribution is 2.34. The molecule has 0 radical (unpaired) electrons. The number of hydrogen-bond acceptors (Lipinski definition) is 2. The van der Waals surface area contributed by atoms with E-state index in [2.05, 4.69) is 78.6 Å². The lowest BCUT2D eigenvalue weighted by Gasteiger charge is -2.32. The van der Waals surface area contributed by atoms with Crippen LogP contribution in [0.4, 0.5) is 0 Å². The monoisotopic (exact) mass is 311 g/mol. The maximum atomic E-state index is 3.80. The van der Waals surface area contributed by atoms with Crippen LogP contribution in [0.3, 0.4) is 0 Å². The predicted octanol–water partition coefficient (Wildman–Crippen LogP) is 5.19. The van der Waals surface area contributed by atoms with E-state index in [0.717, 1.165) is 6.54 Å². The van der Waals surface area contributed by atoms with Crippen molar-refractivity contribution >= 4 is 11.8 Å². The molecule has 2 atom stereocenters. The third-order valence-electron chi connectivity index (χ3n) is 4.42. The number of aryl methyl sites for hydroxylation is 1. The van der Waals surface area contributed by atoms with Crippen molar-refractivity contribution in [1.29, 1.82) is 0 Å². The maximum Gasteiger partial charge on any atom is 0.0248 e. The van der Waals surface area contributed by atoms with Crippen LogP contribution in [0, 0.1) is 6.92 Å². The summed E-state index contributed by atoms with van der Waals surface area (Å²) < 4.78 is 0. The molecule has 0 unspecified atom stereocenters. The van der Waals surface area contributed by atoms with Crippen LogP contribution in [0.5, 0.6) is 0 Å². The van der Waals surface area contributed by atoms with Gasteiger partial charge in [0.2, 0.25) is 0 Å². The molecule has 0 heterocycles. The first-order valence-electron chi connectivity index (χ1n) is 8.32. The lowest BCUT2D eigenvalue weighted by Crippen LogP contribution is -2.40. The quantitative estimate of drug-likeness (QED) is 0.815. The molecule has 1 aliphatic carbocycles. The summed E-state index contributed by atoms with van der Waals surface area (Å²) in [4.78, 5) is 1.41. The molecule has 1 saturated carbocycles. The Labute approximate surface area is 138 Å². The Morgan fingerprint density at radius 1 is 0.955 bits per heavy atom. The summed E-state index contributed by atoms with van der Waals surface area (Å²) in [5.74, 6) is 0. The van der Waals surface area contributed by atoms with E-state index >= 15 is 0 Å². The Morgan fingerprint density at radius 3 is 2.45 bits per heavy atom. The Morgan fingerprint density at radius 2 is 1.68 bits per heavy atom. The first-order chi connectivity index (χ1) is 10.8. The van der Waals surface area contributed by atoms with Crippen LogP contribution in [-0.4, -0.2) is 11.3 Å². The molecule has 1 N–H and O–H groups in total. The van der Waals surface area contributed by atoms with E-state index in [9.17, 15) is 0 Å². The molecule has 0 aliphatic heterocycles. The van der Waals surface area contributed by atoms with Gasteiger partial charge in [-0.15, -0.1) is 11.8 Å². The van der Waals surface area contributed by atoms with Crippen molar-refractivity contribution in [3.8, 4) is 0 Å². The highest BCUT2D eigenvalue weighted by Gasteiger charge is 2.25. The minimum atomic E-state index is 0.625. The van der Waals surface area contributed by atoms with Crippen LogP contribution in [0.15, 0.2) is 59.5 Å². The van der Waals surface area contributed by atoms with Gasteiger partial charge in [0.25, 0.3) is 0 Å². The molecule has 116 valence electrons. The Hall–Kier alpha value is -1.25. The second-order valence-electron chi connectivity index (χ2n) is 6.23. The van der Waals surface area contributed by atoms with Gasteiger partial charge in [0.15, 0.2) is 0 Å². The first kappa shape index (κ1) is 15.6. The van der Waals surface area contributed by atoms with E-state index in [4.69, 9.17) is 0 Å². The molecule has 0 spiro atoms. The smallest absolute Gasteiger partial charge is 0.0248 e. The zero-order valence-corrected chi connectivity index (χ0v) is 14.1.